The van der Waals surface area contributed by atoms with Crippen LogP contribution in [0.15, 0.2) is 4.99 Å². The standard InChI is InChI=1S/C3H9N3O2S/c4-1-2-6-3(5)9(7)8/h1-2,4H2,(H2,5,6)(H,7,8). The monoisotopic (exact) mass is 151 g/mol. The molecule has 0 aromatic carbocycles. The molecule has 0 aliphatic heterocycles. The Morgan fingerprint density at radius 3 is 2.67 bits per heavy atom. The molecular formula is C3H9N3O2S. The Morgan fingerprint density at radius 2 is 2.33 bits per heavy atom. The maximum Gasteiger partial charge on any atom is 0.222 e. The molecule has 0 aliphatic rings. The summed E-state index contributed by atoms with van der Waals surface area (Å²) >= 11 is -2.14. The summed E-state index contributed by atoms with van der Waals surface area (Å²) in [6, 6.07) is 0. The van der Waals surface area contributed by atoms with Gasteiger partial charge in [-0.2, -0.15) is 0 Å². The number of nitrogens with zero attached hydrogens (tertiary/aromatic N) is 1. The Bertz CT molecular complexity index is 135. The van der Waals surface area contributed by atoms with Crippen molar-refractivity contribution in [3.05, 3.63) is 0 Å². The molecule has 0 heterocycles. The van der Waals surface area contributed by atoms with E-state index in [9.17, 15) is 4.21 Å². The zero-order chi connectivity index (χ0) is 7.28. The predicted octanol–water partition coefficient (Wildman–Crippen LogP) is -1.52. The van der Waals surface area contributed by atoms with Crippen LogP contribution in [0, 0.1) is 0 Å². The summed E-state index contributed by atoms with van der Waals surface area (Å²) in [5, 5.41) is -0.277. The molecule has 5 nitrogen and oxygen atoms in total. The van der Waals surface area contributed by atoms with Gasteiger partial charge < -0.3 is 11.5 Å². The van der Waals surface area contributed by atoms with Crippen LogP contribution in [0.4, 0.5) is 0 Å². The summed E-state index contributed by atoms with van der Waals surface area (Å²) < 4.78 is 18.2. The molecule has 0 rings (SSSR count). The maximum atomic E-state index is 10.0. The van der Waals surface area contributed by atoms with Gasteiger partial charge >= 0.3 is 0 Å². The first kappa shape index (κ1) is 8.54. The van der Waals surface area contributed by atoms with E-state index in [4.69, 9.17) is 16.0 Å². The fraction of sp³-hybridized carbons (Fsp3) is 0.667. The molecule has 0 aliphatic carbocycles. The normalized spacial score (nSPS) is 15.6. The van der Waals surface area contributed by atoms with E-state index in [1.165, 1.54) is 0 Å². The van der Waals surface area contributed by atoms with Crippen LogP contribution in [0.1, 0.15) is 0 Å². The predicted molar refractivity (Wildman–Crippen MR) is 36.3 cm³/mol. The van der Waals surface area contributed by atoms with E-state index >= 15 is 0 Å². The van der Waals surface area contributed by atoms with E-state index in [2.05, 4.69) is 4.99 Å². The molecule has 0 radical (unpaired) electrons. The quantitative estimate of drug-likeness (QED) is 0.253. The number of rotatable bonds is 2. The van der Waals surface area contributed by atoms with Gasteiger partial charge in [-0.15, -0.1) is 0 Å². The van der Waals surface area contributed by atoms with Crippen molar-refractivity contribution in [2.45, 2.75) is 0 Å². The molecule has 0 amide bonds. The first-order chi connectivity index (χ1) is 4.18. The molecule has 0 bridgehead atoms. The molecule has 0 aromatic heterocycles. The van der Waals surface area contributed by atoms with Gasteiger partial charge in [-0.3, -0.25) is 9.55 Å². The number of nitrogens with two attached hydrogens (primary N) is 2. The van der Waals surface area contributed by atoms with Crippen molar-refractivity contribution in [2.75, 3.05) is 13.1 Å². The first-order valence-electron chi connectivity index (χ1n) is 2.29. The van der Waals surface area contributed by atoms with Crippen molar-refractivity contribution in [3.63, 3.8) is 0 Å². The van der Waals surface area contributed by atoms with Crippen LogP contribution >= 0.6 is 0 Å². The Morgan fingerprint density at radius 1 is 1.78 bits per heavy atom. The van der Waals surface area contributed by atoms with Gasteiger partial charge in [-0.25, -0.2) is 4.21 Å². The lowest BCUT2D eigenvalue weighted by Gasteiger charge is -1.90. The molecule has 1 unspecified atom stereocenters. The highest BCUT2D eigenvalue weighted by Gasteiger charge is 1.95. The lowest BCUT2D eigenvalue weighted by molar-refractivity contribution is 0.576. The van der Waals surface area contributed by atoms with E-state index in [1.54, 1.807) is 0 Å². The van der Waals surface area contributed by atoms with Crippen molar-refractivity contribution < 1.29 is 8.76 Å². The molecule has 6 heteroatoms. The minimum atomic E-state index is -2.14. The summed E-state index contributed by atoms with van der Waals surface area (Å²) in [4.78, 5) is 3.46. The summed E-state index contributed by atoms with van der Waals surface area (Å²) in [5.41, 5.74) is 9.98. The first-order valence-corrected chi connectivity index (χ1v) is 3.40. The summed E-state index contributed by atoms with van der Waals surface area (Å²) in [6.45, 7) is 0.621. The van der Waals surface area contributed by atoms with Gasteiger partial charge in [0.25, 0.3) is 0 Å². The zero-order valence-electron chi connectivity index (χ0n) is 4.78. The largest absolute Gasteiger partial charge is 0.375 e. The molecule has 9 heavy (non-hydrogen) atoms. The van der Waals surface area contributed by atoms with Gasteiger partial charge in [0.05, 0.1) is 6.54 Å². The van der Waals surface area contributed by atoms with Crippen LogP contribution in [0.5, 0.6) is 0 Å². The molecule has 0 aromatic rings. The third-order valence-corrected chi connectivity index (χ3v) is 1.06. The van der Waals surface area contributed by atoms with Crippen LogP contribution in [-0.2, 0) is 11.1 Å². The van der Waals surface area contributed by atoms with Crippen molar-refractivity contribution in [2.24, 2.45) is 16.5 Å². The molecule has 1 atom stereocenters. The highest BCUT2D eigenvalue weighted by atomic mass is 32.2. The Labute approximate surface area is 55.4 Å². The molecule has 0 spiro atoms. The van der Waals surface area contributed by atoms with E-state index < -0.39 is 11.1 Å². The third kappa shape index (κ3) is 4.07. The summed E-state index contributed by atoms with van der Waals surface area (Å²) in [6.07, 6.45) is 0. The molecule has 0 fully saturated rings. The van der Waals surface area contributed by atoms with Crippen molar-refractivity contribution in [3.8, 4) is 0 Å². The minimum absolute atomic E-state index is 0.277. The Hall–Kier alpha value is -0.460. The van der Waals surface area contributed by atoms with Crippen LogP contribution in [0.2, 0.25) is 0 Å². The number of aliphatic imine (C=N–C) groups is 1. The second kappa shape index (κ2) is 4.42. The topological polar surface area (TPSA) is 102 Å². The molecule has 0 saturated heterocycles. The van der Waals surface area contributed by atoms with Crippen molar-refractivity contribution in [1.29, 1.82) is 0 Å². The van der Waals surface area contributed by atoms with E-state index in [0.717, 1.165) is 0 Å². The highest BCUT2D eigenvalue weighted by Crippen LogP contribution is 1.74. The molecular weight excluding hydrogens is 142 g/mol. The van der Waals surface area contributed by atoms with Gasteiger partial charge in [-0.05, 0) is 0 Å². The van der Waals surface area contributed by atoms with Crippen LogP contribution in [0.25, 0.3) is 0 Å². The van der Waals surface area contributed by atoms with Crippen molar-refractivity contribution >= 4 is 16.2 Å². The van der Waals surface area contributed by atoms with Crippen LogP contribution < -0.4 is 11.5 Å². The van der Waals surface area contributed by atoms with Gasteiger partial charge in [-0.1, -0.05) is 0 Å². The average molecular weight is 151 g/mol. The summed E-state index contributed by atoms with van der Waals surface area (Å²) in [7, 11) is 0. The van der Waals surface area contributed by atoms with Gasteiger partial charge in [0, 0.05) is 6.54 Å². The Balaban J connectivity index is 3.69. The van der Waals surface area contributed by atoms with Gasteiger partial charge in [0.15, 0.2) is 0 Å². The molecule has 0 saturated carbocycles. The smallest absolute Gasteiger partial charge is 0.222 e. The summed E-state index contributed by atoms with van der Waals surface area (Å²) in [5.74, 6) is 0. The minimum Gasteiger partial charge on any atom is -0.375 e. The third-order valence-electron chi connectivity index (χ3n) is 0.576. The van der Waals surface area contributed by atoms with Crippen molar-refractivity contribution in [1.82, 2.24) is 0 Å². The van der Waals surface area contributed by atoms with E-state index in [0.29, 0.717) is 6.54 Å². The van der Waals surface area contributed by atoms with Crippen LogP contribution in [0.3, 0.4) is 0 Å². The number of hydrogen-bond acceptors (Lipinski definition) is 3. The molecule has 5 N–H and O–H groups in total. The van der Waals surface area contributed by atoms with E-state index in [1.807, 2.05) is 0 Å². The number of hydrogen-bond donors (Lipinski definition) is 3. The lowest BCUT2D eigenvalue weighted by Crippen LogP contribution is -2.19. The number of amidine groups is 1. The van der Waals surface area contributed by atoms with Gasteiger partial charge in [0.1, 0.15) is 0 Å². The second-order valence-corrected chi connectivity index (χ2v) is 2.17. The fourth-order valence-corrected chi connectivity index (χ4v) is 0.432. The molecule has 54 valence electrons. The fourth-order valence-electron chi connectivity index (χ4n) is 0.230. The zero-order valence-corrected chi connectivity index (χ0v) is 5.60. The second-order valence-electron chi connectivity index (χ2n) is 1.26. The SMILES string of the molecule is NCCN=C(N)S(=O)O. The highest BCUT2D eigenvalue weighted by molar-refractivity contribution is 7.95. The Kier molecular flexibility index (Phi) is 4.20. The lowest BCUT2D eigenvalue weighted by atomic mass is 10.7. The van der Waals surface area contributed by atoms with E-state index in [-0.39, 0.29) is 11.7 Å². The average Bonchev–Trinajstić information content (AvgIpc) is 1.82. The maximum absolute atomic E-state index is 10.0. The van der Waals surface area contributed by atoms with Gasteiger partial charge in [0.2, 0.25) is 16.2 Å². The van der Waals surface area contributed by atoms with Crippen LogP contribution in [-0.4, -0.2) is 27.0 Å².